The van der Waals surface area contributed by atoms with Gasteiger partial charge in [-0.3, -0.25) is 14.1 Å². The number of pyridine rings is 1. The highest BCUT2D eigenvalue weighted by molar-refractivity contribution is 7.92. The average Bonchev–Trinajstić information content (AvgIpc) is 2.98. The molecule has 0 bridgehead atoms. The molecule has 0 spiro atoms. The minimum Gasteiger partial charge on any atom is -0.444 e. The van der Waals surface area contributed by atoms with Gasteiger partial charge in [0.25, 0.3) is 5.56 Å². The van der Waals surface area contributed by atoms with E-state index in [-0.39, 0.29) is 22.9 Å². The van der Waals surface area contributed by atoms with Crippen molar-refractivity contribution in [2.45, 2.75) is 57.9 Å². The number of benzene rings is 2. The molecule has 2 N–H and O–H groups in total. The molecule has 1 fully saturated rings. The van der Waals surface area contributed by atoms with Crippen LogP contribution in [0.5, 0.6) is 0 Å². The summed E-state index contributed by atoms with van der Waals surface area (Å²) in [6.45, 7) is 6.36. The summed E-state index contributed by atoms with van der Waals surface area (Å²) >= 11 is 0. The number of likely N-dealkylation sites (tertiary alicyclic amines) is 1. The van der Waals surface area contributed by atoms with Gasteiger partial charge in [0.05, 0.1) is 17.9 Å². The lowest BCUT2D eigenvalue weighted by molar-refractivity contribution is -0.129. The average molecular weight is 679 g/mol. The number of aryl methyl sites for hydroxylation is 1. The summed E-state index contributed by atoms with van der Waals surface area (Å²) in [6, 6.07) is 8.26. The van der Waals surface area contributed by atoms with E-state index in [2.05, 4.69) is 15.3 Å². The molecule has 47 heavy (non-hydrogen) atoms. The van der Waals surface area contributed by atoms with Gasteiger partial charge >= 0.3 is 12.3 Å². The Morgan fingerprint density at radius 3 is 2.55 bits per heavy atom. The number of halogens is 4. The molecule has 0 radical (unpaired) electrons. The Hall–Kier alpha value is -4.47. The Kier molecular flexibility index (Phi) is 9.10. The minimum absolute atomic E-state index is 0.0592. The highest BCUT2D eigenvalue weighted by Crippen LogP contribution is 2.35. The van der Waals surface area contributed by atoms with Crippen LogP contribution < -0.4 is 15.6 Å². The highest BCUT2D eigenvalue weighted by Gasteiger charge is 2.31. The molecule has 1 aliphatic rings. The number of nitrogens with one attached hydrogen (secondary N) is 2. The summed E-state index contributed by atoms with van der Waals surface area (Å²) in [5.41, 5.74) is -0.749. The van der Waals surface area contributed by atoms with Gasteiger partial charge in [-0.05, 0) is 56.7 Å². The Labute approximate surface area is 268 Å². The lowest BCUT2D eigenvalue weighted by atomic mass is 9.97. The summed E-state index contributed by atoms with van der Waals surface area (Å²) in [5, 5.41) is 4.10. The van der Waals surface area contributed by atoms with E-state index in [1.807, 2.05) is 4.72 Å². The number of piperidine rings is 1. The maximum absolute atomic E-state index is 14.9. The summed E-state index contributed by atoms with van der Waals surface area (Å²) in [5.74, 6) is -2.01. The Balaban J connectivity index is 1.45. The smallest absolute Gasteiger partial charge is 0.410 e. The fraction of sp³-hybridized carbons (Fsp3) is 0.419. The van der Waals surface area contributed by atoms with Crippen molar-refractivity contribution in [1.82, 2.24) is 19.4 Å². The topological polar surface area (TPSA) is 136 Å². The van der Waals surface area contributed by atoms with Crippen LogP contribution in [0.2, 0.25) is 0 Å². The zero-order chi connectivity index (χ0) is 34.3. The largest absolute Gasteiger partial charge is 0.444 e. The van der Waals surface area contributed by atoms with Crippen LogP contribution in [0.1, 0.15) is 40.0 Å². The van der Waals surface area contributed by atoms with E-state index in [1.54, 1.807) is 37.8 Å². The second-order valence-electron chi connectivity index (χ2n) is 12.4. The predicted molar refractivity (Wildman–Crippen MR) is 170 cm³/mol. The summed E-state index contributed by atoms with van der Waals surface area (Å²) in [7, 11) is -3.03. The van der Waals surface area contributed by atoms with E-state index >= 15 is 0 Å². The molecule has 1 aliphatic heterocycles. The second kappa shape index (κ2) is 12.6. The van der Waals surface area contributed by atoms with Crippen LogP contribution in [0.4, 0.5) is 34.0 Å². The molecule has 11 nitrogen and oxygen atoms in total. The molecular formula is C31H34F4N6O5S. The van der Waals surface area contributed by atoms with Crippen LogP contribution in [0, 0.1) is 5.82 Å². The van der Waals surface area contributed by atoms with Crippen molar-refractivity contribution in [2.75, 3.05) is 28.9 Å². The van der Waals surface area contributed by atoms with E-state index in [9.17, 15) is 35.6 Å². The number of carbonyl (C=O) groups excluding carboxylic acids is 1. The van der Waals surface area contributed by atoms with Crippen molar-refractivity contribution in [3.05, 3.63) is 58.8 Å². The molecule has 16 heteroatoms. The van der Waals surface area contributed by atoms with Gasteiger partial charge in [-0.2, -0.15) is 18.2 Å². The van der Waals surface area contributed by atoms with Gasteiger partial charge in [0.15, 0.2) is 0 Å². The van der Waals surface area contributed by atoms with Crippen LogP contribution >= 0.6 is 0 Å². The molecule has 3 heterocycles. The molecule has 5 rings (SSSR count). The van der Waals surface area contributed by atoms with Gasteiger partial charge in [0, 0.05) is 48.7 Å². The van der Waals surface area contributed by atoms with E-state index in [0.717, 1.165) is 18.9 Å². The first-order chi connectivity index (χ1) is 21.9. The van der Waals surface area contributed by atoms with Gasteiger partial charge in [0.2, 0.25) is 16.0 Å². The lowest BCUT2D eigenvalue weighted by Crippen LogP contribution is -2.47. The first kappa shape index (κ1) is 33.9. The Morgan fingerprint density at radius 2 is 1.85 bits per heavy atom. The number of rotatable bonds is 7. The molecule has 252 valence electrons. The van der Waals surface area contributed by atoms with Crippen LogP contribution in [0.3, 0.4) is 0 Å². The number of fused-ring (bicyclic) bond motifs is 2. The number of amides is 1. The normalized spacial score (nSPS) is 16.0. The SMILES string of the molecule is Cn1c(=O)c(-c2cccc3c(NS(=O)(=O)CCC(F)(F)F)c(F)ccc23)cc2cnc(N[C@H]3CCCN(C(=O)OC(C)(C)C)C3)nc21. The molecule has 1 atom stereocenters. The summed E-state index contributed by atoms with van der Waals surface area (Å²) in [6.07, 6.45) is -3.67. The number of ether oxygens (including phenoxy) is 1. The molecular weight excluding hydrogens is 644 g/mol. The number of hydrogen-bond acceptors (Lipinski definition) is 8. The van der Waals surface area contributed by atoms with E-state index in [4.69, 9.17) is 4.74 Å². The van der Waals surface area contributed by atoms with Gasteiger partial charge in [-0.15, -0.1) is 0 Å². The predicted octanol–water partition coefficient (Wildman–Crippen LogP) is 5.79. The third kappa shape index (κ3) is 7.92. The maximum Gasteiger partial charge on any atom is 0.410 e. The molecule has 0 aliphatic carbocycles. The molecule has 0 unspecified atom stereocenters. The zero-order valence-corrected chi connectivity index (χ0v) is 26.9. The zero-order valence-electron chi connectivity index (χ0n) is 26.1. The quantitative estimate of drug-likeness (QED) is 0.235. The first-order valence-electron chi connectivity index (χ1n) is 14.8. The Morgan fingerprint density at radius 1 is 1.11 bits per heavy atom. The highest BCUT2D eigenvalue weighted by atomic mass is 32.2. The maximum atomic E-state index is 14.9. The molecule has 2 aromatic carbocycles. The van der Waals surface area contributed by atoms with Gasteiger partial charge in [-0.1, -0.05) is 24.3 Å². The molecule has 1 amide bonds. The third-order valence-electron chi connectivity index (χ3n) is 7.57. The number of hydrogen-bond donors (Lipinski definition) is 2. The van der Waals surface area contributed by atoms with E-state index < -0.39 is 57.1 Å². The van der Waals surface area contributed by atoms with Crippen molar-refractivity contribution in [1.29, 1.82) is 0 Å². The van der Waals surface area contributed by atoms with Crippen LogP contribution in [0.15, 0.2) is 47.4 Å². The molecule has 1 saturated heterocycles. The molecule has 2 aromatic heterocycles. The van der Waals surface area contributed by atoms with Crippen molar-refractivity contribution < 1.29 is 35.5 Å². The fourth-order valence-electron chi connectivity index (χ4n) is 5.41. The number of sulfonamides is 1. The molecule has 4 aromatic rings. The monoisotopic (exact) mass is 678 g/mol. The van der Waals surface area contributed by atoms with Crippen molar-refractivity contribution in [2.24, 2.45) is 7.05 Å². The fourth-order valence-corrected chi connectivity index (χ4v) is 6.53. The van der Waals surface area contributed by atoms with Crippen molar-refractivity contribution >= 4 is 49.6 Å². The van der Waals surface area contributed by atoms with Gasteiger partial charge in [0.1, 0.15) is 17.1 Å². The summed E-state index contributed by atoms with van der Waals surface area (Å²) in [4.78, 5) is 36.8. The number of carbonyl (C=O) groups is 1. The lowest BCUT2D eigenvalue weighted by Gasteiger charge is -2.34. The minimum atomic E-state index is -4.71. The van der Waals surface area contributed by atoms with Gasteiger partial charge < -0.3 is 15.0 Å². The summed E-state index contributed by atoms with van der Waals surface area (Å²) < 4.78 is 86.5. The van der Waals surface area contributed by atoms with E-state index in [1.165, 1.54) is 36.0 Å². The first-order valence-corrected chi connectivity index (χ1v) is 16.5. The van der Waals surface area contributed by atoms with Crippen LogP contribution in [-0.2, 0) is 21.8 Å². The number of nitrogens with zero attached hydrogens (tertiary/aromatic N) is 4. The molecule has 0 saturated carbocycles. The second-order valence-corrected chi connectivity index (χ2v) is 14.3. The van der Waals surface area contributed by atoms with Crippen LogP contribution in [0.25, 0.3) is 32.9 Å². The van der Waals surface area contributed by atoms with E-state index in [0.29, 0.717) is 35.1 Å². The standard InChI is InChI=1S/C31H34F4N6O5S/c1-30(2,3)46-29(43)41-13-6-7-19(17-41)37-28-36-16-18-15-23(27(42)40(4)26(18)38-28)20-8-5-9-22-21(20)10-11-24(32)25(22)39-47(44,45)14-12-31(33,34)35/h5,8-11,15-16,19,39H,6-7,12-14,17H2,1-4H3,(H,36,37,38)/t19-/m0/s1. The Bertz CT molecular complexity index is 2010. The number of alkyl halides is 3. The van der Waals surface area contributed by atoms with Crippen molar-refractivity contribution in [3.63, 3.8) is 0 Å². The number of aromatic nitrogens is 3. The third-order valence-corrected chi connectivity index (χ3v) is 8.82. The van der Waals surface area contributed by atoms with Gasteiger partial charge in [-0.25, -0.2) is 22.6 Å². The number of anilines is 2. The van der Waals surface area contributed by atoms with Crippen molar-refractivity contribution in [3.8, 4) is 11.1 Å². The van der Waals surface area contributed by atoms with Crippen LogP contribution in [-0.4, -0.2) is 70.6 Å².